The van der Waals surface area contributed by atoms with Crippen LogP contribution in [-0.4, -0.2) is 4.57 Å². The molecule has 7 aromatic rings. The molecule has 0 atom stereocenters. The molecule has 0 aliphatic carbocycles. The van der Waals surface area contributed by atoms with E-state index >= 15 is 0 Å². The Hall–Kier alpha value is -6.10. The van der Waals surface area contributed by atoms with Gasteiger partial charge in [-0.05, 0) is 59.2 Å². The Bertz CT molecular complexity index is 2290. The second-order valence-electron chi connectivity index (χ2n) is 12.0. The van der Waals surface area contributed by atoms with Crippen LogP contribution < -0.4 is 4.90 Å². The molecule has 0 unspecified atom stereocenters. The number of hydrogen-bond acceptors (Lipinski definition) is 3. The number of para-hydroxylation sites is 5. The van der Waals surface area contributed by atoms with Gasteiger partial charge in [0.1, 0.15) is 12.1 Å². The molecule has 4 heteroatoms. The van der Waals surface area contributed by atoms with Crippen LogP contribution in [0.3, 0.4) is 0 Å². The zero-order chi connectivity index (χ0) is 30.7. The van der Waals surface area contributed by atoms with Crippen molar-refractivity contribution in [2.45, 2.75) is 19.3 Å². The van der Waals surface area contributed by atoms with Gasteiger partial charge in [-0.25, -0.2) is 0 Å². The van der Waals surface area contributed by atoms with Gasteiger partial charge in [0.05, 0.1) is 44.9 Å². The maximum absolute atomic E-state index is 10.6. The number of benzene rings is 6. The summed E-state index contributed by atoms with van der Waals surface area (Å²) in [7, 11) is 0. The molecule has 8 rings (SSSR count). The highest BCUT2D eigenvalue weighted by atomic mass is 15.2. The standard InChI is InChI=1S/C41H28N4/c1-41(2)33-16-5-9-20-38(33)44(39-21-10-6-17-34(39)41)35-23-22-27(24-29(35)26-43)30-15-11-12-28(25-42)40(30)45-36-18-7-3-13-31(36)32-14-4-8-19-37(32)45/h3-24H,1-2H3. The summed E-state index contributed by atoms with van der Waals surface area (Å²) >= 11 is 0. The summed E-state index contributed by atoms with van der Waals surface area (Å²) in [6, 6.07) is 50.4. The number of anilines is 3. The van der Waals surface area contributed by atoms with Crippen LogP contribution in [0.25, 0.3) is 38.6 Å². The first kappa shape index (κ1) is 26.5. The van der Waals surface area contributed by atoms with Crippen LogP contribution in [0.4, 0.5) is 17.1 Å². The first-order chi connectivity index (χ1) is 22.0. The Balaban J connectivity index is 1.37. The van der Waals surface area contributed by atoms with Gasteiger partial charge in [-0.1, -0.05) is 105 Å². The van der Waals surface area contributed by atoms with Gasteiger partial charge in [0.25, 0.3) is 0 Å². The molecule has 1 aromatic heterocycles. The third kappa shape index (κ3) is 3.83. The van der Waals surface area contributed by atoms with E-state index in [9.17, 15) is 10.5 Å². The fraction of sp³-hybridized carbons (Fsp3) is 0.0732. The zero-order valence-electron chi connectivity index (χ0n) is 25.0. The minimum absolute atomic E-state index is 0.189. The number of aromatic nitrogens is 1. The molecule has 0 N–H and O–H groups in total. The van der Waals surface area contributed by atoms with Crippen molar-refractivity contribution in [2.75, 3.05) is 4.90 Å². The van der Waals surface area contributed by atoms with Crippen LogP contribution >= 0.6 is 0 Å². The molecule has 0 amide bonds. The molecule has 0 fully saturated rings. The molecule has 1 aliphatic rings. The molecule has 0 saturated carbocycles. The molecule has 6 aromatic carbocycles. The highest BCUT2D eigenvalue weighted by molar-refractivity contribution is 6.10. The van der Waals surface area contributed by atoms with E-state index < -0.39 is 0 Å². The van der Waals surface area contributed by atoms with Crippen molar-refractivity contribution < 1.29 is 0 Å². The predicted molar refractivity (Wildman–Crippen MR) is 182 cm³/mol. The number of nitriles is 2. The Labute approximate surface area is 262 Å². The molecule has 45 heavy (non-hydrogen) atoms. The first-order valence-electron chi connectivity index (χ1n) is 15.1. The molecule has 2 heterocycles. The summed E-state index contributed by atoms with van der Waals surface area (Å²) < 4.78 is 2.19. The number of fused-ring (bicyclic) bond motifs is 5. The fourth-order valence-electron chi connectivity index (χ4n) is 7.19. The molecule has 0 saturated heterocycles. The van der Waals surface area contributed by atoms with Crippen molar-refractivity contribution in [3.63, 3.8) is 0 Å². The quantitative estimate of drug-likeness (QED) is 0.210. The van der Waals surface area contributed by atoms with Crippen molar-refractivity contribution in [1.29, 1.82) is 10.5 Å². The summed E-state index contributed by atoms with van der Waals surface area (Å²) in [5.74, 6) is 0. The Morgan fingerprint density at radius 2 is 1.09 bits per heavy atom. The first-order valence-corrected chi connectivity index (χ1v) is 15.1. The highest BCUT2D eigenvalue weighted by Gasteiger charge is 2.37. The molecule has 4 nitrogen and oxygen atoms in total. The lowest BCUT2D eigenvalue weighted by atomic mass is 9.73. The van der Waals surface area contributed by atoms with E-state index in [0.717, 1.165) is 55.7 Å². The van der Waals surface area contributed by atoms with Crippen molar-refractivity contribution in [3.8, 4) is 29.0 Å². The van der Waals surface area contributed by atoms with Gasteiger partial charge < -0.3 is 9.47 Å². The topological polar surface area (TPSA) is 55.8 Å². The lowest BCUT2D eigenvalue weighted by molar-refractivity contribution is 0.632. The van der Waals surface area contributed by atoms with Gasteiger partial charge in [-0.2, -0.15) is 10.5 Å². The summed E-state index contributed by atoms with van der Waals surface area (Å²) in [5.41, 5.74) is 11.0. The minimum atomic E-state index is -0.189. The van der Waals surface area contributed by atoms with Crippen LogP contribution in [0.5, 0.6) is 0 Å². The smallest absolute Gasteiger partial charge is 0.101 e. The summed E-state index contributed by atoms with van der Waals surface area (Å²) in [5, 5.41) is 23.2. The maximum atomic E-state index is 10.6. The second-order valence-corrected chi connectivity index (χ2v) is 12.0. The van der Waals surface area contributed by atoms with E-state index in [0.29, 0.717) is 11.1 Å². The lowest BCUT2D eigenvalue weighted by Gasteiger charge is -2.42. The van der Waals surface area contributed by atoms with Gasteiger partial charge in [0.15, 0.2) is 0 Å². The summed E-state index contributed by atoms with van der Waals surface area (Å²) in [6.07, 6.45) is 0. The van der Waals surface area contributed by atoms with E-state index in [4.69, 9.17) is 0 Å². The SMILES string of the molecule is CC1(C)c2ccccc2N(c2ccc(-c3cccc(C#N)c3-n3c4ccccc4c4ccccc43)cc2C#N)c2ccccc21. The van der Waals surface area contributed by atoms with Crippen LogP contribution in [0.15, 0.2) is 133 Å². The van der Waals surface area contributed by atoms with E-state index in [2.05, 4.69) is 120 Å². The predicted octanol–water partition coefficient (Wildman–Crippen LogP) is 10.3. The molecular formula is C41H28N4. The average Bonchev–Trinajstić information content (AvgIpc) is 3.42. The van der Waals surface area contributed by atoms with Crippen LogP contribution in [-0.2, 0) is 5.41 Å². The van der Waals surface area contributed by atoms with E-state index in [1.54, 1.807) is 0 Å². The maximum Gasteiger partial charge on any atom is 0.101 e. The summed E-state index contributed by atoms with van der Waals surface area (Å²) in [6.45, 7) is 4.52. The molecule has 0 bridgehead atoms. The van der Waals surface area contributed by atoms with Crippen molar-refractivity contribution in [1.82, 2.24) is 4.57 Å². The van der Waals surface area contributed by atoms with Gasteiger partial charge in [0.2, 0.25) is 0 Å². The normalized spacial score (nSPS) is 13.2. The van der Waals surface area contributed by atoms with E-state index in [-0.39, 0.29) is 5.41 Å². The van der Waals surface area contributed by atoms with E-state index in [1.807, 2.05) is 48.5 Å². The van der Waals surface area contributed by atoms with Crippen LogP contribution in [0, 0.1) is 22.7 Å². The van der Waals surface area contributed by atoms with Gasteiger partial charge in [-0.15, -0.1) is 0 Å². The van der Waals surface area contributed by atoms with Gasteiger partial charge in [0, 0.05) is 21.8 Å². The third-order valence-corrected chi connectivity index (χ3v) is 9.27. The van der Waals surface area contributed by atoms with Crippen molar-refractivity contribution >= 4 is 38.9 Å². The van der Waals surface area contributed by atoms with Gasteiger partial charge >= 0.3 is 0 Å². The zero-order valence-corrected chi connectivity index (χ0v) is 25.0. The van der Waals surface area contributed by atoms with Crippen LogP contribution in [0.2, 0.25) is 0 Å². The van der Waals surface area contributed by atoms with Crippen molar-refractivity contribution in [3.05, 3.63) is 156 Å². The number of nitrogens with zero attached hydrogens (tertiary/aromatic N) is 4. The van der Waals surface area contributed by atoms with Crippen LogP contribution in [0.1, 0.15) is 36.1 Å². The molecule has 1 aliphatic heterocycles. The lowest BCUT2D eigenvalue weighted by Crippen LogP contribution is -2.30. The van der Waals surface area contributed by atoms with E-state index in [1.165, 1.54) is 11.1 Å². The molecule has 0 spiro atoms. The number of rotatable bonds is 3. The average molecular weight is 577 g/mol. The molecule has 0 radical (unpaired) electrons. The highest BCUT2D eigenvalue weighted by Crippen LogP contribution is 2.52. The Kier molecular flexibility index (Phi) is 5.88. The Morgan fingerprint density at radius 3 is 1.69 bits per heavy atom. The monoisotopic (exact) mass is 576 g/mol. The fourth-order valence-corrected chi connectivity index (χ4v) is 7.19. The third-order valence-electron chi connectivity index (χ3n) is 9.27. The van der Waals surface area contributed by atoms with Crippen molar-refractivity contribution in [2.24, 2.45) is 0 Å². The largest absolute Gasteiger partial charge is 0.309 e. The summed E-state index contributed by atoms with van der Waals surface area (Å²) in [4.78, 5) is 2.22. The molecular weight excluding hydrogens is 548 g/mol. The Morgan fingerprint density at radius 1 is 0.533 bits per heavy atom. The number of hydrogen-bond donors (Lipinski definition) is 0. The molecule has 212 valence electrons. The minimum Gasteiger partial charge on any atom is -0.309 e. The van der Waals surface area contributed by atoms with Gasteiger partial charge in [-0.3, -0.25) is 0 Å². The second kappa shape index (κ2) is 9.98.